The van der Waals surface area contributed by atoms with Crippen LogP contribution in [0.15, 0.2) is 12.1 Å². The van der Waals surface area contributed by atoms with E-state index in [9.17, 15) is 9.90 Å². The Balaban J connectivity index is 3.05. The fourth-order valence-corrected chi connectivity index (χ4v) is 1.38. The molecule has 0 aliphatic rings. The molecule has 0 bridgehead atoms. The standard InChI is InChI=1S/C11H15NO3/c1-12-4-3-8-6-11(15-2)10(14)5-9(8)7-13/h5-7,12,14H,3-4H2,1-2H3. The van der Waals surface area contributed by atoms with Crippen molar-refractivity contribution in [2.75, 3.05) is 20.7 Å². The van der Waals surface area contributed by atoms with Crippen LogP contribution in [0.3, 0.4) is 0 Å². The van der Waals surface area contributed by atoms with Crippen molar-refractivity contribution < 1.29 is 14.6 Å². The average molecular weight is 209 g/mol. The highest BCUT2D eigenvalue weighted by atomic mass is 16.5. The molecule has 4 heteroatoms. The van der Waals surface area contributed by atoms with Crippen molar-refractivity contribution >= 4 is 6.29 Å². The number of nitrogens with one attached hydrogen (secondary N) is 1. The fraction of sp³-hybridized carbons (Fsp3) is 0.364. The minimum absolute atomic E-state index is 0.00666. The van der Waals surface area contributed by atoms with Crippen LogP contribution in [-0.2, 0) is 6.42 Å². The quantitative estimate of drug-likeness (QED) is 0.710. The number of carbonyl (C=O) groups is 1. The van der Waals surface area contributed by atoms with Gasteiger partial charge in [-0.2, -0.15) is 0 Å². The minimum Gasteiger partial charge on any atom is -0.504 e. The van der Waals surface area contributed by atoms with E-state index in [4.69, 9.17) is 4.74 Å². The summed E-state index contributed by atoms with van der Waals surface area (Å²) in [6.07, 6.45) is 1.46. The summed E-state index contributed by atoms with van der Waals surface area (Å²) in [5.41, 5.74) is 1.37. The number of rotatable bonds is 5. The molecule has 0 fully saturated rings. The smallest absolute Gasteiger partial charge is 0.160 e. The molecule has 0 heterocycles. The van der Waals surface area contributed by atoms with E-state index in [1.807, 2.05) is 7.05 Å². The molecule has 1 aromatic carbocycles. The summed E-state index contributed by atoms with van der Waals surface area (Å²) in [5, 5.41) is 12.5. The second kappa shape index (κ2) is 5.36. The van der Waals surface area contributed by atoms with Crippen molar-refractivity contribution in [1.29, 1.82) is 0 Å². The Morgan fingerprint density at radius 3 is 2.80 bits per heavy atom. The highest BCUT2D eigenvalue weighted by Crippen LogP contribution is 2.28. The van der Waals surface area contributed by atoms with Gasteiger partial charge in [-0.05, 0) is 37.7 Å². The number of phenolic OH excluding ortho intramolecular Hbond substituents is 1. The Morgan fingerprint density at radius 2 is 2.27 bits per heavy atom. The van der Waals surface area contributed by atoms with Crippen LogP contribution in [0.25, 0.3) is 0 Å². The second-order valence-electron chi connectivity index (χ2n) is 3.19. The van der Waals surface area contributed by atoms with Crippen molar-refractivity contribution in [1.82, 2.24) is 5.32 Å². The number of ether oxygens (including phenoxy) is 1. The molecule has 0 unspecified atom stereocenters. The van der Waals surface area contributed by atoms with Gasteiger partial charge in [0.2, 0.25) is 0 Å². The zero-order valence-electron chi connectivity index (χ0n) is 8.91. The second-order valence-corrected chi connectivity index (χ2v) is 3.19. The SMILES string of the molecule is CNCCc1cc(OC)c(O)cc1C=O. The van der Waals surface area contributed by atoms with Crippen molar-refractivity contribution in [2.45, 2.75) is 6.42 Å². The molecule has 82 valence electrons. The molecule has 0 aromatic heterocycles. The third-order valence-electron chi connectivity index (χ3n) is 2.21. The topological polar surface area (TPSA) is 58.6 Å². The summed E-state index contributed by atoms with van der Waals surface area (Å²) in [5.74, 6) is 0.388. The average Bonchev–Trinajstić information content (AvgIpc) is 2.26. The number of hydrogen-bond acceptors (Lipinski definition) is 4. The zero-order chi connectivity index (χ0) is 11.3. The van der Waals surface area contributed by atoms with Crippen LogP contribution in [0.1, 0.15) is 15.9 Å². The monoisotopic (exact) mass is 209 g/mol. The Morgan fingerprint density at radius 1 is 1.53 bits per heavy atom. The Hall–Kier alpha value is -1.55. The number of phenols is 1. The molecule has 0 spiro atoms. The molecule has 0 aliphatic carbocycles. The van der Waals surface area contributed by atoms with Crippen LogP contribution in [-0.4, -0.2) is 32.1 Å². The Labute approximate surface area is 88.9 Å². The third kappa shape index (κ3) is 2.70. The summed E-state index contributed by atoms with van der Waals surface area (Å²) in [4.78, 5) is 10.8. The van der Waals surface area contributed by atoms with Crippen molar-refractivity contribution in [2.24, 2.45) is 0 Å². The highest BCUT2D eigenvalue weighted by molar-refractivity contribution is 5.79. The predicted molar refractivity (Wildman–Crippen MR) is 57.7 cm³/mol. The molecule has 2 N–H and O–H groups in total. The molecule has 15 heavy (non-hydrogen) atoms. The molecule has 1 rings (SSSR count). The van der Waals surface area contributed by atoms with Crippen LogP contribution >= 0.6 is 0 Å². The number of aldehydes is 1. The molecular formula is C11H15NO3. The summed E-state index contributed by atoms with van der Waals surface area (Å²) >= 11 is 0. The van der Waals surface area contributed by atoms with Crippen LogP contribution in [0.4, 0.5) is 0 Å². The van der Waals surface area contributed by atoms with Gasteiger partial charge in [0, 0.05) is 5.56 Å². The van der Waals surface area contributed by atoms with Crippen molar-refractivity contribution in [3.05, 3.63) is 23.3 Å². The van der Waals surface area contributed by atoms with Gasteiger partial charge in [0.05, 0.1) is 7.11 Å². The summed E-state index contributed by atoms with van der Waals surface area (Å²) < 4.78 is 4.98. The van der Waals surface area contributed by atoms with E-state index in [0.29, 0.717) is 11.3 Å². The maximum Gasteiger partial charge on any atom is 0.160 e. The first kappa shape index (κ1) is 11.5. The van der Waals surface area contributed by atoms with E-state index in [-0.39, 0.29) is 5.75 Å². The number of benzene rings is 1. The molecule has 0 radical (unpaired) electrons. The van der Waals surface area contributed by atoms with E-state index < -0.39 is 0 Å². The Bertz CT molecular complexity index is 350. The fourth-order valence-electron chi connectivity index (χ4n) is 1.38. The number of carbonyl (C=O) groups excluding carboxylic acids is 1. The van der Waals surface area contributed by atoms with Crippen molar-refractivity contribution in [3.8, 4) is 11.5 Å². The van der Waals surface area contributed by atoms with Gasteiger partial charge in [-0.25, -0.2) is 0 Å². The zero-order valence-corrected chi connectivity index (χ0v) is 8.91. The first-order valence-corrected chi connectivity index (χ1v) is 4.72. The number of hydrogen-bond donors (Lipinski definition) is 2. The van der Waals surface area contributed by atoms with Crippen LogP contribution in [0, 0.1) is 0 Å². The first-order chi connectivity index (χ1) is 7.22. The largest absolute Gasteiger partial charge is 0.504 e. The van der Waals surface area contributed by atoms with E-state index in [2.05, 4.69) is 5.32 Å². The van der Waals surface area contributed by atoms with Gasteiger partial charge in [0.1, 0.15) is 6.29 Å². The van der Waals surface area contributed by atoms with Gasteiger partial charge in [-0.1, -0.05) is 0 Å². The molecule has 0 amide bonds. The van der Waals surface area contributed by atoms with E-state index in [1.54, 1.807) is 6.07 Å². The summed E-state index contributed by atoms with van der Waals surface area (Å²) in [6.45, 7) is 0.773. The summed E-state index contributed by atoms with van der Waals surface area (Å²) in [7, 11) is 3.33. The normalized spacial score (nSPS) is 10.0. The van der Waals surface area contributed by atoms with Crippen LogP contribution < -0.4 is 10.1 Å². The lowest BCUT2D eigenvalue weighted by atomic mass is 10.0. The predicted octanol–water partition coefficient (Wildman–Crippen LogP) is 0.975. The maximum atomic E-state index is 10.8. The minimum atomic E-state index is -0.00666. The number of methoxy groups -OCH3 is 1. The van der Waals surface area contributed by atoms with E-state index in [0.717, 1.165) is 24.8 Å². The Kier molecular flexibility index (Phi) is 4.12. The van der Waals surface area contributed by atoms with E-state index in [1.165, 1.54) is 13.2 Å². The lowest BCUT2D eigenvalue weighted by Crippen LogP contribution is -2.11. The van der Waals surface area contributed by atoms with Gasteiger partial charge in [-0.3, -0.25) is 4.79 Å². The van der Waals surface area contributed by atoms with Crippen LogP contribution in [0.2, 0.25) is 0 Å². The number of likely N-dealkylation sites (N-methyl/N-ethyl adjacent to an activating group) is 1. The first-order valence-electron chi connectivity index (χ1n) is 4.72. The van der Waals surface area contributed by atoms with E-state index >= 15 is 0 Å². The molecule has 0 saturated heterocycles. The molecule has 0 atom stereocenters. The van der Waals surface area contributed by atoms with Crippen LogP contribution in [0.5, 0.6) is 11.5 Å². The lowest BCUT2D eigenvalue weighted by molar-refractivity contribution is 0.112. The number of aromatic hydroxyl groups is 1. The third-order valence-corrected chi connectivity index (χ3v) is 2.21. The van der Waals surface area contributed by atoms with Crippen molar-refractivity contribution in [3.63, 3.8) is 0 Å². The summed E-state index contributed by atoms with van der Waals surface area (Å²) in [6, 6.07) is 3.12. The molecule has 4 nitrogen and oxygen atoms in total. The molecule has 0 aliphatic heterocycles. The van der Waals surface area contributed by atoms with Gasteiger partial charge >= 0.3 is 0 Å². The molecule has 1 aromatic rings. The van der Waals surface area contributed by atoms with Gasteiger partial charge in [0.15, 0.2) is 11.5 Å². The highest BCUT2D eigenvalue weighted by Gasteiger charge is 2.08. The van der Waals surface area contributed by atoms with Gasteiger partial charge < -0.3 is 15.2 Å². The maximum absolute atomic E-state index is 10.8. The van der Waals surface area contributed by atoms with Gasteiger partial charge in [-0.15, -0.1) is 0 Å². The van der Waals surface area contributed by atoms with Gasteiger partial charge in [0.25, 0.3) is 0 Å². The molecular weight excluding hydrogens is 194 g/mol. The molecule has 0 saturated carbocycles. The lowest BCUT2D eigenvalue weighted by Gasteiger charge is -2.09.